The summed E-state index contributed by atoms with van der Waals surface area (Å²) in [5.74, 6) is 0.301. The molecule has 3 N–H and O–H groups in total. The molecule has 1 atom stereocenters. The van der Waals surface area contributed by atoms with Crippen molar-refractivity contribution in [2.45, 2.75) is 12.5 Å². The summed E-state index contributed by atoms with van der Waals surface area (Å²) >= 11 is 0. The van der Waals surface area contributed by atoms with E-state index in [0.29, 0.717) is 12.0 Å². The molecule has 1 aromatic rings. The fourth-order valence-corrected chi connectivity index (χ4v) is 1.85. The van der Waals surface area contributed by atoms with E-state index >= 15 is 0 Å². The van der Waals surface area contributed by atoms with E-state index in [1.165, 1.54) is 0 Å². The second-order valence-electron chi connectivity index (χ2n) is 4.03. The lowest BCUT2D eigenvalue weighted by Crippen LogP contribution is -2.49. The number of phenolic OH excluding ortho intramolecular Hbond substituents is 1. The van der Waals surface area contributed by atoms with Gasteiger partial charge in [-0.25, -0.2) is 0 Å². The molecule has 16 heavy (non-hydrogen) atoms. The number of phenols is 1. The summed E-state index contributed by atoms with van der Waals surface area (Å²) < 4.78 is 0. The Labute approximate surface area is 94.7 Å². The van der Waals surface area contributed by atoms with Gasteiger partial charge in [0.2, 0.25) is 0 Å². The molecule has 0 amide bonds. The maximum atomic E-state index is 11.9. The molecule has 86 valence electrons. The highest BCUT2D eigenvalue weighted by molar-refractivity contribution is 5.96. The number of aromatic hydroxyl groups is 1. The van der Waals surface area contributed by atoms with E-state index in [1.54, 1.807) is 24.3 Å². The summed E-state index contributed by atoms with van der Waals surface area (Å²) in [4.78, 5) is 11.9. The molecule has 0 spiro atoms. The Morgan fingerprint density at radius 2 is 2.06 bits per heavy atom. The van der Waals surface area contributed by atoms with Crippen LogP contribution < -0.4 is 10.6 Å². The molecular formula is C12H16N2O2. The summed E-state index contributed by atoms with van der Waals surface area (Å²) in [6.07, 6.45) is 0.498. The van der Waals surface area contributed by atoms with E-state index in [9.17, 15) is 4.79 Å². The number of benzene rings is 1. The number of carbonyl (C=O) groups is 1. The third-order valence-electron chi connectivity index (χ3n) is 2.75. The number of piperazine rings is 1. The topological polar surface area (TPSA) is 61.4 Å². The van der Waals surface area contributed by atoms with Gasteiger partial charge in [-0.05, 0) is 24.3 Å². The second kappa shape index (κ2) is 5.09. The molecule has 1 heterocycles. The van der Waals surface area contributed by atoms with Gasteiger partial charge >= 0.3 is 0 Å². The van der Waals surface area contributed by atoms with Crippen molar-refractivity contribution in [3.63, 3.8) is 0 Å². The maximum Gasteiger partial charge on any atom is 0.164 e. The first kappa shape index (κ1) is 11.1. The van der Waals surface area contributed by atoms with E-state index in [4.69, 9.17) is 5.11 Å². The van der Waals surface area contributed by atoms with Crippen LogP contribution in [0.4, 0.5) is 0 Å². The van der Waals surface area contributed by atoms with Crippen LogP contribution in [0.2, 0.25) is 0 Å². The van der Waals surface area contributed by atoms with Crippen molar-refractivity contribution >= 4 is 5.78 Å². The fourth-order valence-electron chi connectivity index (χ4n) is 1.85. The van der Waals surface area contributed by atoms with Gasteiger partial charge < -0.3 is 15.7 Å². The van der Waals surface area contributed by atoms with Crippen LogP contribution in [0.1, 0.15) is 16.8 Å². The molecule has 2 rings (SSSR count). The summed E-state index contributed by atoms with van der Waals surface area (Å²) in [7, 11) is 0. The third kappa shape index (κ3) is 2.81. The predicted molar refractivity (Wildman–Crippen MR) is 61.7 cm³/mol. The highest BCUT2D eigenvalue weighted by Crippen LogP contribution is 2.12. The molecular weight excluding hydrogens is 204 g/mol. The predicted octanol–water partition coefficient (Wildman–Crippen LogP) is 0.526. The van der Waals surface area contributed by atoms with E-state index in [-0.39, 0.29) is 17.6 Å². The highest BCUT2D eigenvalue weighted by Gasteiger charge is 2.16. The lowest BCUT2D eigenvalue weighted by atomic mass is 10.0. The molecule has 0 radical (unpaired) electrons. The van der Waals surface area contributed by atoms with Crippen LogP contribution in [0, 0.1) is 0 Å². The van der Waals surface area contributed by atoms with Crippen molar-refractivity contribution in [2.24, 2.45) is 0 Å². The van der Waals surface area contributed by atoms with Gasteiger partial charge in [0.25, 0.3) is 0 Å². The summed E-state index contributed by atoms with van der Waals surface area (Å²) in [6, 6.07) is 6.62. The van der Waals surface area contributed by atoms with Gasteiger partial charge in [0.15, 0.2) is 5.78 Å². The molecule has 0 bridgehead atoms. The normalized spacial score (nSPS) is 20.6. The van der Waals surface area contributed by atoms with Crippen molar-refractivity contribution < 1.29 is 9.90 Å². The molecule has 1 fully saturated rings. The van der Waals surface area contributed by atoms with E-state index in [1.807, 2.05) is 0 Å². The van der Waals surface area contributed by atoms with Crippen molar-refractivity contribution in [3.8, 4) is 5.75 Å². The number of nitrogens with one attached hydrogen (secondary N) is 2. The third-order valence-corrected chi connectivity index (χ3v) is 2.75. The van der Waals surface area contributed by atoms with E-state index in [2.05, 4.69) is 10.6 Å². The quantitative estimate of drug-likeness (QED) is 0.650. The number of hydrogen-bond acceptors (Lipinski definition) is 4. The van der Waals surface area contributed by atoms with Crippen molar-refractivity contribution in [1.29, 1.82) is 0 Å². The second-order valence-corrected chi connectivity index (χ2v) is 4.03. The number of hydrogen-bond donors (Lipinski definition) is 3. The minimum atomic E-state index is 0.112. The number of rotatable bonds is 3. The molecule has 1 saturated heterocycles. The Kier molecular flexibility index (Phi) is 3.54. The van der Waals surface area contributed by atoms with Crippen molar-refractivity contribution in [2.75, 3.05) is 19.6 Å². The first-order valence-corrected chi connectivity index (χ1v) is 5.52. The van der Waals surface area contributed by atoms with Gasteiger partial charge in [0, 0.05) is 37.7 Å². The first-order chi connectivity index (χ1) is 7.75. The number of Topliss-reactive ketones (excluding diaryl/α,β-unsaturated/α-hetero) is 1. The standard InChI is InChI=1S/C12H16N2O2/c15-11-3-1-9(2-4-11)12(16)7-10-8-13-5-6-14-10/h1-4,10,13-15H,5-8H2. The van der Waals surface area contributed by atoms with Crippen LogP contribution >= 0.6 is 0 Å². The Hall–Kier alpha value is -1.39. The zero-order valence-corrected chi connectivity index (χ0v) is 9.07. The summed E-state index contributed by atoms with van der Waals surface area (Å²) in [5.41, 5.74) is 0.658. The molecule has 1 aliphatic heterocycles. The van der Waals surface area contributed by atoms with Gasteiger partial charge in [-0.3, -0.25) is 4.79 Å². The van der Waals surface area contributed by atoms with Crippen molar-refractivity contribution in [1.82, 2.24) is 10.6 Å². The van der Waals surface area contributed by atoms with Crippen LogP contribution in [0.3, 0.4) is 0 Å². The zero-order valence-electron chi connectivity index (χ0n) is 9.07. The number of carbonyl (C=O) groups excluding carboxylic acids is 1. The average molecular weight is 220 g/mol. The molecule has 4 nitrogen and oxygen atoms in total. The lowest BCUT2D eigenvalue weighted by molar-refractivity contribution is 0.0966. The molecule has 1 unspecified atom stereocenters. The van der Waals surface area contributed by atoms with E-state index < -0.39 is 0 Å². The van der Waals surface area contributed by atoms with Crippen molar-refractivity contribution in [3.05, 3.63) is 29.8 Å². The largest absolute Gasteiger partial charge is 0.508 e. The Bertz CT molecular complexity index is 356. The Morgan fingerprint density at radius 1 is 1.31 bits per heavy atom. The van der Waals surface area contributed by atoms with Crippen LogP contribution in [0.25, 0.3) is 0 Å². The Balaban J connectivity index is 1.94. The smallest absolute Gasteiger partial charge is 0.164 e. The monoisotopic (exact) mass is 220 g/mol. The number of ketones is 1. The minimum absolute atomic E-state index is 0.112. The van der Waals surface area contributed by atoms with Crippen LogP contribution in [0.5, 0.6) is 5.75 Å². The van der Waals surface area contributed by atoms with Gasteiger partial charge in [-0.15, -0.1) is 0 Å². The maximum absolute atomic E-state index is 11.9. The van der Waals surface area contributed by atoms with Crippen LogP contribution in [-0.2, 0) is 0 Å². The molecule has 4 heteroatoms. The average Bonchev–Trinajstić information content (AvgIpc) is 2.31. The zero-order chi connectivity index (χ0) is 11.4. The van der Waals surface area contributed by atoms with Gasteiger partial charge in [0.05, 0.1) is 0 Å². The molecule has 1 aromatic carbocycles. The SMILES string of the molecule is O=C(CC1CNCCN1)c1ccc(O)cc1. The fraction of sp³-hybridized carbons (Fsp3) is 0.417. The molecule has 0 aromatic heterocycles. The highest BCUT2D eigenvalue weighted by atomic mass is 16.3. The molecule has 0 saturated carbocycles. The van der Waals surface area contributed by atoms with E-state index in [0.717, 1.165) is 19.6 Å². The summed E-state index contributed by atoms with van der Waals surface area (Å²) in [5, 5.41) is 15.7. The lowest BCUT2D eigenvalue weighted by Gasteiger charge is -2.23. The minimum Gasteiger partial charge on any atom is -0.508 e. The first-order valence-electron chi connectivity index (χ1n) is 5.52. The van der Waals surface area contributed by atoms with Gasteiger partial charge in [-0.2, -0.15) is 0 Å². The van der Waals surface area contributed by atoms with Gasteiger partial charge in [-0.1, -0.05) is 0 Å². The Morgan fingerprint density at radius 3 is 2.69 bits per heavy atom. The molecule has 0 aliphatic carbocycles. The molecule has 1 aliphatic rings. The van der Waals surface area contributed by atoms with Crippen LogP contribution in [-0.4, -0.2) is 36.6 Å². The van der Waals surface area contributed by atoms with Gasteiger partial charge in [0.1, 0.15) is 5.75 Å². The summed E-state index contributed by atoms with van der Waals surface area (Å²) in [6.45, 7) is 2.71. The van der Waals surface area contributed by atoms with Crippen LogP contribution in [0.15, 0.2) is 24.3 Å².